The first kappa shape index (κ1) is 18.7. The number of hydrogen-bond donors (Lipinski definition) is 2. The van der Waals surface area contributed by atoms with E-state index in [4.69, 9.17) is 0 Å². The summed E-state index contributed by atoms with van der Waals surface area (Å²) in [5, 5.41) is 15.2. The van der Waals surface area contributed by atoms with Crippen molar-refractivity contribution < 1.29 is 19.5 Å². The molecule has 132 valence electrons. The lowest BCUT2D eigenvalue weighted by Gasteiger charge is -2.10. The van der Waals surface area contributed by atoms with E-state index >= 15 is 0 Å². The van der Waals surface area contributed by atoms with Crippen LogP contribution in [0.25, 0.3) is 6.08 Å². The van der Waals surface area contributed by atoms with E-state index in [0.717, 1.165) is 5.56 Å². The largest absolute Gasteiger partial charge is 0.548 e. The molecule has 2 amide bonds. The van der Waals surface area contributed by atoms with Gasteiger partial charge in [-0.05, 0) is 23.8 Å². The number of carboxylic acids is 1. The van der Waals surface area contributed by atoms with E-state index in [1.165, 1.54) is 6.08 Å². The molecule has 26 heavy (non-hydrogen) atoms. The van der Waals surface area contributed by atoms with Crippen LogP contribution in [0.4, 0.5) is 0 Å². The molecule has 0 aromatic heterocycles. The fraction of sp³-hybridized carbons (Fsp3) is 0.0500. The van der Waals surface area contributed by atoms with Crippen LogP contribution in [0.2, 0.25) is 0 Å². The molecule has 0 aliphatic carbocycles. The number of rotatable bonds is 7. The number of benzene rings is 2. The molecule has 2 aromatic carbocycles. The number of carbonyl (C=O) groups excluding carboxylic acids is 3. The maximum atomic E-state index is 12.2. The zero-order valence-electron chi connectivity index (χ0n) is 13.8. The summed E-state index contributed by atoms with van der Waals surface area (Å²) in [4.78, 5) is 34.9. The zero-order valence-corrected chi connectivity index (χ0v) is 13.8. The Balaban J connectivity index is 2.16. The highest BCUT2D eigenvalue weighted by molar-refractivity contribution is 6.03. The highest BCUT2D eigenvalue weighted by atomic mass is 16.4. The van der Waals surface area contributed by atoms with E-state index in [1.54, 1.807) is 42.5 Å². The molecule has 0 spiro atoms. The van der Waals surface area contributed by atoms with Crippen molar-refractivity contribution >= 4 is 23.9 Å². The van der Waals surface area contributed by atoms with Gasteiger partial charge in [-0.2, -0.15) is 0 Å². The fourth-order valence-corrected chi connectivity index (χ4v) is 2.03. The molecule has 0 saturated heterocycles. The van der Waals surface area contributed by atoms with E-state index in [0.29, 0.717) is 5.56 Å². The van der Waals surface area contributed by atoms with E-state index in [-0.39, 0.29) is 5.70 Å². The van der Waals surface area contributed by atoms with Crippen LogP contribution < -0.4 is 15.7 Å². The van der Waals surface area contributed by atoms with Crippen molar-refractivity contribution in [3.05, 3.63) is 89.6 Å². The predicted molar refractivity (Wildman–Crippen MR) is 95.5 cm³/mol. The Hall–Kier alpha value is -3.67. The maximum Gasteiger partial charge on any atom is 0.268 e. The van der Waals surface area contributed by atoms with Crippen LogP contribution in [0.15, 0.2) is 78.5 Å². The third-order valence-electron chi connectivity index (χ3n) is 3.27. The molecular formula is C20H17N2O4-. The van der Waals surface area contributed by atoms with Gasteiger partial charge < -0.3 is 20.5 Å². The third kappa shape index (κ3) is 6.09. The van der Waals surface area contributed by atoms with Crippen LogP contribution in [0, 0.1) is 0 Å². The Bertz CT molecular complexity index is 827. The second-order valence-corrected chi connectivity index (χ2v) is 5.22. The van der Waals surface area contributed by atoms with Crippen molar-refractivity contribution in [2.45, 2.75) is 0 Å². The van der Waals surface area contributed by atoms with Gasteiger partial charge in [-0.25, -0.2) is 0 Å². The molecule has 0 aliphatic rings. The maximum absolute atomic E-state index is 12.2. The smallest absolute Gasteiger partial charge is 0.268 e. The lowest BCUT2D eigenvalue weighted by atomic mass is 10.2. The summed E-state index contributed by atoms with van der Waals surface area (Å²) in [6.45, 7) is -0.653. The standard InChI is InChI=1S/C20H18N2O4/c23-18(24)14-21-20(26)17(13-7-10-15-8-3-1-4-9-15)22-19(25)16-11-5-2-6-12-16/h1-13H,14H2,(H,21,26)(H,22,25)(H,23,24)/p-1. The van der Waals surface area contributed by atoms with Gasteiger partial charge in [0.15, 0.2) is 0 Å². The average Bonchev–Trinajstić information content (AvgIpc) is 2.66. The Kier molecular flexibility index (Phi) is 6.88. The molecule has 6 nitrogen and oxygen atoms in total. The number of allylic oxidation sites excluding steroid dienone is 2. The van der Waals surface area contributed by atoms with Crippen molar-refractivity contribution in [1.82, 2.24) is 10.6 Å². The summed E-state index contributed by atoms with van der Waals surface area (Å²) in [5.74, 6) is -2.63. The second-order valence-electron chi connectivity index (χ2n) is 5.22. The molecule has 0 saturated carbocycles. The first-order valence-electron chi connectivity index (χ1n) is 7.84. The molecule has 2 N–H and O–H groups in total. The van der Waals surface area contributed by atoms with Gasteiger partial charge in [0.2, 0.25) is 0 Å². The lowest BCUT2D eigenvalue weighted by Crippen LogP contribution is -2.41. The number of carboxylic acid groups (broad SMARTS) is 1. The molecule has 0 aliphatic heterocycles. The molecule has 0 bridgehead atoms. The van der Waals surface area contributed by atoms with Crippen LogP contribution in [0.5, 0.6) is 0 Å². The molecule has 2 aromatic rings. The second kappa shape index (κ2) is 9.58. The molecule has 2 rings (SSSR count). The van der Waals surface area contributed by atoms with Crippen molar-refractivity contribution in [3.63, 3.8) is 0 Å². The minimum Gasteiger partial charge on any atom is -0.548 e. The van der Waals surface area contributed by atoms with E-state index in [9.17, 15) is 19.5 Å². The van der Waals surface area contributed by atoms with E-state index < -0.39 is 24.3 Å². The quantitative estimate of drug-likeness (QED) is 0.573. The van der Waals surface area contributed by atoms with Crippen LogP contribution >= 0.6 is 0 Å². The fourth-order valence-electron chi connectivity index (χ4n) is 2.03. The molecular weight excluding hydrogens is 332 g/mol. The number of hydrogen-bond acceptors (Lipinski definition) is 4. The first-order chi connectivity index (χ1) is 12.6. The monoisotopic (exact) mass is 349 g/mol. The van der Waals surface area contributed by atoms with Gasteiger partial charge in [0.05, 0.1) is 12.5 Å². The number of amides is 2. The SMILES string of the molecule is O=C([O-])CNC(=O)C(=CC=Cc1ccccc1)NC(=O)c1ccccc1. The molecule has 0 fully saturated rings. The van der Waals surface area contributed by atoms with Gasteiger partial charge in [0, 0.05) is 5.56 Å². The zero-order chi connectivity index (χ0) is 18.8. The van der Waals surface area contributed by atoms with Crippen LogP contribution in [-0.4, -0.2) is 24.3 Å². The van der Waals surface area contributed by atoms with Gasteiger partial charge >= 0.3 is 0 Å². The Labute approximate surface area is 150 Å². The van der Waals surface area contributed by atoms with Gasteiger partial charge in [0.25, 0.3) is 11.8 Å². The number of carbonyl (C=O) groups is 3. The lowest BCUT2D eigenvalue weighted by molar-refractivity contribution is -0.303. The number of aliphatic carboxylic acids is 1. The third-order valence-corrected chi connectivity index (χ3v) is 3.27. The van der Waals surface area contributed by atoms with E-state index in [1.807, 2.05) is 30.3 Å². The topological polar surface area (TPSA) is 98.3 Å². The predicted octanol–water partition coefficient (Wildman–Crippen LogP) is 0.880. The number of nitrogens with one attached hydrogen (secondary N) is 2. The highest BCUT2D eigenvalue weighted by Gasteiger charge is 2.13. The van der Waals surface area contributed by atoms with Crippen molar-refractivity contribution in [2.75, 3.05) is 6.54 Å². The van der Waals surface area contributed by atoms with Crippen molar-refractivity contribution in [2.24, 2.45) is 0 Å². The minimum absolute atomic E-state index is 0.0766. The molecule has 0 heterocycles. The molecule has 6 heteroatoms. The van der Waals surface area contributed by atoms with Crippen LogP contribution in [0.3, 0.4) is 0 Å². The van der Waals surface area contributed by atoms with Gasteiger partial charge in [0.1, 0.15) is 5.70 Å². The van der Waals surface area contributed by atoms with Gasteiger partial charge in [-0.3, -0.25) is 9.59 Å². The summed E-state index contributed by atoms with van der Waals surface area (Å²) >= 11 is 0. The Morgan fingerprint density at radius 2 is 1.54 bits per heavy atom. The van der Waals surface area contributed by atoms with Crippen molar-refractivity contribution in [3.8, 4) is 0 Å². The van der Waals surface area contributed by atoms with Gasteiger partial charge in [-0.1, -0.05) is 60.7 Å². The minimum atomic E-state index is -1.42. The Morgan fingerprint density at radius 3 is 2.15 bits per heavy atom. The summed E-state index contributed by atoms with van der Waals surface area (Å²) in [5.41, 5.74) is 1.21. The van der Waals surface area contributed by atoms with Gasteiger partial charge in [-0.15, -0.1) is 0 Å². The Morgan fingerprint density at radius 1 is 0.923 bits per heavy atom. The average molecular weight is 349 g/mol. The van der Waals surface area contributed by atoms with Crippen LogP contribution in [0.1, 0.15) is 15.9 Å². The first-order valence-corrected chi connectivity index (χ1v) is 7.84. The summed E-state index contributed by atoms with van der Waals surface area (Å²) in [6, 6.07) is 17.7. The summed E-state index contributed by atoms with van der Waals surface area (Å²) < 4.78 is 0. The summed E-state index contributed by atoms with van der Waals surface area (Å²) in [7, 11) is 0. The van der Waals surface area contributed by atoms with Crippen molar-refractivity contribution in [1.29, 1.82) is 0 Å². The molecule has 0 atom stereocenters. The highest BCUT2D eigenvalue weighted by Crippen LogP contribution is 2.04. The summed E-state index contributed by atoms with van der Waals surface area (Å²) in [6.07, 6.45) is 4.74. The molecule has 0 radical (unpaired) electrons. The van der Waals surface area contributed by atoms with E-state index in [2.05, 4.69) is 10.6 Å². The van der Waals surface area contributed by atoms with Crippen LogP contribution in [-0.2, 0) is 9.59 Å². The molecule has 0 unspecified atom stereocenters. The normalized spacial score (nSPS) is 11.2.